The van der Waals surface area contributed by atoms with Crippen LogP contribution in [0, 0.1) is 13.8 Å². The summed E-state index contributed by atoms with van der Waals surface area (Å²) in [6, 6.07) is 6.54. The molecular weight excluding hydrogens is 479 g/mol. The predicted octanol–water partition coefficient (Wildman–Crippen LogP) is 2.51. The maximum absolute atomic E-state index is 12.7. The number of nitrogens with zero attached hydrogens (tertiary/aromatic N) is 5. The number of benzene rings is 1. The molecule has 0 saturated carbocycles. The van der Waals surface area contributed by atoms with Crippen molar-refractivity contribution in [2.45, 2.75) is 27.2 Å². The van der Waals surface area contributed by atoms with Crippen LogP contribution in [0.15, 0.2) is 35.6 Å². The molecule has 1 aromatic heterocycles. The topological polar surface area (TPSA) is 65.8 Å². The normalized spacial score (nSPS) is 14.8. The molecule has 0 aliphatic carbocycles. The van der Waals surface area contributed by atoms with Crippen LogP contribution >= 0.6 is 24.0 Å². The number of nitrogens with one attached hydrogen (secondary N) is 1. The zero-order valence-electron chi connectivity index (χ0n) is 17.7. The molecule has 158 valence electrons. The molecule has 1 amide bonds. The minimum absolute atomic E-state index is 0. The first-order valence-corrected chi connectivity index (χ1v) is 9.86. The molecule has 1 aliphatic rings. The summed E-state index contributed by atoms with van der Waals surface area (Å²) in [5, 5.41) is 7.50. The van der Waals surface area contributed by atoms with Crippen LogP contribution in [0.5, 0.6) is 0 Å². The Kier molecular flexibility index (Phi) is 8.48. The largest absolute Gasteiger partial charge is 0.357 e. The van der Waals surface area contributed by atoms with Crippen molar-refractivity contribution < 1.29 is 4.79 Å². The molecule has 1 aromatic carbocycles. The van der Waals surface area contributed by atoms with Crippen LogP contribution < -0.4 is 10.2 Å². The number of aryl methyl sites for hydroxylation is 3. The Hall–Kier alpha value is -2.10. The Morgan fingerprint density at radius 3 is 2.69 bits per heavy atom. The van der Waals surface area contributed by atoms with Gasteiger partial charge in [-0.3, -0.25) is 14.5 Å². The number of guanidine groups is 1. The Bertz CT molecular complexity index is 863. The number of hydrogen-bond acceptors (Lipinski definition) is 3. The van der Waals surface area contributed by atoms with E-state index in [4.69, 9.17) is 4.99 Å². The van der Waals surface area contributed by atoms with Gasteiger partial charge in [0.25, 0.3) is 0 Å². The standard InChI is InChI=1S/C21H30N6O.HI/c1-5-22-21(23-9-8-18-7-6-16(2)12-17(18)3)26-10-11-27(20(28)15-26)19-13-24-25(4)14-19;/h6-7,12-14H,5,8-11,15H2,1-4H3,(H,22,23);1H. The van der Waals surface area contributed by atoms with E-state index in [0.717, 1.165) is 31.2 Å². The number of anilines is 1. The molecule has 0 bridgehead atoms. The third-order valence-electron chi connectivity index (χ3n) is 5.00. The van der Waals surface area contributed by atoms with E-state index in [-0.39, 0.29) is 29.9 Å². The molecule has 29 heavy (non-hydrogen) atoms. The monoisotopic (exact) mass is 510 g/mol. The van der Waals surface area contributed by atoms with Crippen molar-refractivity contribution in [2.75, 3.05) is 37.6 Å². The van der Waals surface area contributed by atoms with Gasteiger partial charge in [-0.15, -0.1) is 24.0 Å². The van der Waals surface area contributed by atoms with E-state index in [1.165, 1.54) is 16.7 Å². The summed E-state index contributed by atoms with van der Waals surface area (Å²) in [5.41, 5.74) is 4.76. The van der Waals surface area contributed by atoms with E-state index >= 15 is 0 Å². The molecule has 8 heteroatoms. The summed E-state index contributed by atoms with van der Waals surface area (Å²) in [7, 11) is 1.86. The van der Waals surface area contributed by atoms with Gasteiger partial charge in [0.1, 0.15) is 6.54 Å². The molecule has 0 radical (unpaired) electrons. The van der Waals surface area contributed by atoms with Crippen LogP contribution in [-0.4, -0.2) is 59.3 Å². The average Bonchev–Trinajstić information content (AvgIpc) is 3.08. The van der Waals surface area contributed by atoms with E-state index in [2.05, 4.69) is 42.5 Å². The quantitative estimate of drug-likeness (QED) is 0.382. The van der Waals surface area contributed by atoms with Crippen molar-refractivity contribution in [3.05, 3.63) is 47.3 Å². The second kappa shape index (κ2) is 10.6. The van der Waals surface area contributed by atoms with Gasteiger partial charge in [-0.25, -0.2) is 0 Å². The molecule has 0 unspecified atom stereocenters. The van der Waals surface area contributed by atoms with Gasteiger partial charge in [-0.05, 0) is 38.3 Å². The first kappa shape index (κ1) is 23.2. The van der Waals surface area contributed by atoms with Crippen molar-refractivity contribution >= 4 is 41.5 Å². The molecule has 1 saturated heterocycles. The highest BCUT2D eigenvalue weighted by Gasteiger charge is 2.27. The Morgan fingerprint density at radius 1 is 1.28 bits per heavy atom. The van der Waals surface area contributed by atoms with Crippen molar-refractivity contribution in [1.82, 2.24) is 20.0 Å². The number of aromatic nitrogens is 2. The fourth-order valence-electron chi connectivity index (χ4n) is 3.51. The molecular formula is C21H31IN6O. The van der Waals surface area contributed by atoms with Gasteiger partial charge in [-0.2, -0.15) is 5.10 Å². The van der Waals surface area contributed by atoms with Gasteiger partial charge in [0, 0.05) is 39.4 Å². The molecule has 1 aliphatic heterocycles. The lowest BCUT2D eigenvalue weighted by Crippen LogP contribution is -2.55. The van der Waals surface area contributed by atoms with Crippen LogP contribution in [0.1, 0.15) is 23.6 Å². The molecule has 1 fully saturated rings. The number of rotatable bonds is 5. The maximum atomic E-state index is 12.7. The summed E-state index contributed by atoms with van der Waals surface area (Å²) in [5.74, 6) is 0.880. The Balaban J connectivity index is 0.00000300. The highest BCUT2D eigenvalue weighted by Crippen LogP contribution is 2.16. The van der Waals surface area contributed by atoms with Crippen molar-refractivity contribution in [3.8, 4) is 0 Å². The smallest absolute Gasteiger partial charge is 0.246 e. The summed E-state index contributed by atoms with van der Waals surface area (Å²) >= 11 is 0. The SMILES string of the molecule is CCNC(=NCCc1ccc(C)cc1C)N1CCN(c2cnn(C)c2)C(=O)C1.I. The maximum Gasteiger partial charge on any atom is 0.246 e. The number of piperazine rings is 1. The first-order valence-electron chi connectivity index (χ1n) is 9.86. The Morgan fingerprint density at radius 2 is 2.07 bits per heavy atom. The van der Waals surface area contributed by atoms with E-state index < -0.39 is 0 Å². The second-order valence-electron chi connectivity index (χ2n) is 7.25. The predicted molar refractivity (Wildman–Crippen MR) is 128 cm³/mol. The number of aliphatic imine (C=N–C) groups is 1. The van der Waals surface area contributed by atoms with Gasteiger partial charge in [0.2, 0.25) is 5.91 Å². The Labute approximate surface area is 190 Å². The van der Waals surface area contributed by atoms with Crippen molar-refractivity contribution in [1.29, 1.82) is 0 Å². The number of carbonyl (C=O) groups is 1. The fourth-order valence-corrected chi connectivity index (χ4v) is 3.51. The summed E-state index contributed by atoms with van der Waals surface area (Å²) in [6.45, 7) is 9.48. The lowest BCUT2D eigenvalue weighted by molar-refractivity contribution is -0.120. The lowest BCUT2D eigenvalue weighted by Gasteiger charge is -2.35. The zero-order chi connectivity index (χ0) is 20.1. The van der Waals surface area contributed by atoms with Crippen LogP contribution in [0.25, 0.3) is 0 Å². The van der Waals surface area contributed by atoms with Crippen LogP contribution in [0.3, 0.4) is 0 Å². The molecule has 2 aromatic rings. The second-order valence-corrected chi connectivity index (χ2v) is 7.25. The van der Waals surface area contributed by atoms with Gasteiger partial charge in [0.05, 0.1) is 11.9 Å². The summed E-state index contributed by atoms with van der Waals surface area (Å²) in [6.07, 6.45) is 4.50. The van der Waals surface area contributed by atoms with Crippen LogP contribution in [0.2, 0.25) is 0 Å². The number of hydrogen-bond donors (Lipinski definition) is 1. The molecule has 7 nitrogen and oxygen atoms in total. The molecule has 2 heterocycles. The minimum atomic E-state index is 0. The molecule has 1 N–H and O–H groups in total. The van der Waals surface area contributed by atoms with E-state index in [0.29, 0.717) is 19.6 Å². The lowest BCUT2D eigenvalue weighted by atomic mass is 10.0. The molecule has 0 atom stereocenters. The van der Waals surface area contributed by atoms with Crippen LogP contribution in [0.4, 0.5) is 5.69 Å². The highest BCUT2D eigenvalue weighted by molar-refractivity contribution is 14.0. The van der Waals surface area contributed by atoms with Gasteiger partial charge >= 0.3 is 0 Å². The number of amides is 1. The molecule has 0 spiro atoms. The van der Waals surface area contributed by atoms with E-state index in [1.54, 1.807) is 15.8 Å². The highest BCUT2D eigenvalue weighted by atomic mass is 127. The average molecular weight is 510 g/mol. The van der Waals surface area contributed by atoms with Crippen LogP contribution in [-0.2, 0) is 18.3 Å². The van der Waals surface area contributed by atoms with Gasteiger partial charge in [-0.1, -0.05) is 23.8 Å². The number of halogens is 1. The fraction of sp³-hybridized carbons (Fsp3) is 0.476. The van der Waals surface area contributed by atoms with E-state index in [1.807, 2.05) is 25.1 Å². The summed E-state index contributed by atoms with van der Waals surface area (Å²) < 4.78 is 1.72. The third kappa shape index (κ3) is 5.94. The van der Waals surface area contributed by atoms with Crippen molar-refractivity contribution in [2.24, 2.45) is 12.0 Å². The first-order chi connectivity index (χ1) is 13.5. The summed E-state index contributed by atoms with van der Waals surface area (Å²) in [4.78, 5) is 21.3. The van der Waals surface area contributed by atoms with Gasteiger partial charge < -0.3 is 15.1 Å². The number of carbonyl (C=O) groups excluding carboxylic acids is 1. The van der Waals surface area contributed by atoms with E-state index in [9.17, 15) is 4.79 Å². The third-order valence-corrected chi connectivity index (χ3v) is 5.00. The zero-order valence-corrected chi connectivity index (χ0v) is 20.0. The molecule has 3 rings (SSSR count). The van der Waals surface area contributed by atoms with Gasteiger partial charge in [0.15, 0.2) is 5.96 Å². The van der Waals surface area contributed by atoms with Crippen molar-refractivity contribution in [3.63, 3.8) is 0 Å². The minimum Gasteiger partial charge on any atom is -0.357 e.